The lowest BCUT2D eigenvalue weighted by Gasteiger charge is -2.05. The second kappa shape index (κ2) is 7.21. The summed E-state index contributed by atoms with van der Waals surface area (Å²) in [5.41, 5.74) is 4.24. The quantitative estimate of drug-likeness (QED) is 0.685. The van der Waals surface area contributed by atoms with E-state index in [4.69, 9.17) is 9.84 Å². The van der Waals surface area contributed by atoms with Crippen molar-refractivity contribution in [3.05, 3.63) is 59.9 Å². The van der Waals surface area contributed by atoms with E-state index >= 15 is 0 Å². The topological polar surface area (TPSA) is 63.8 Å². The number of aryl methyl sites for hydroxylation is 1. The van der Waals surface area contributed by atoms with Crippen LogP contribution in [0.3, 0.4) is 0 Å². The SMILES string of the molecule is CCCOc1ccc(-c2nc3ccc(C)cn3c2/C=C/C(=O)O)cc1. The summed E-state index contributed by atoms with van der Waals surface area (Å²) in [6.07, 6.45) is 5.62. The fourth-order valence-electron chi connectivity index (χ4n) is 2.62. The maximum absolute atomic E-state index is 11.0. The van der Waals surface area contributed by atoms with Gasteiger partial charge in [-0.25, -0.2) is 9.78 Å². The predicted octanol–water partition coefficient (Wildman–Crippen LogP) is 4.20. The molecule has 5 heteroatoms. The summed E-state index contributed by atoms with van der Waals surface area (Å²) in [6, 6.07) is 11.6. The number of ether oxygens (including phenoxy) is 1. The molecule has 0 bridgehead atoms. The van der Waals surface area contributed by atoms with Crippen molar-refractivity contribution in [3.8, 4) is 17.0 Å². The van der Waals surface area contributed by atoms with Gasteiger partial charge in [0.2, 0.25) is 0 Å². The summed E-state index contributed by atoms with van der Waals surface area (Å²) in [5.74, 6) is -0.176. The highest BCUT2D eigenvalue weighted by atomic mass is 16.5. The molecule has 0 spiro atoms. The van der Waals surface area contributed by atoms with Crippen molar-refractivity contribution < 1.29 is 14.6 Å². The van der Waals surface area contributed by atoms with E-state index < -0.39 is 5.97 Å². The lowest BCUT2D eigenvalue weighted by molar-refractivity contribution is -0.131. The molecule has 128 valence electrons. The summed E-state index contributed by atoms with van der Waals surface area (Å²) in [5, 5.41) is 8.99. The first kappa shape index (κ1) is 16.8. The summed E-state index contributed by atoms with van der Waals surface area (Å²) in [4.78, 5) is 15.6. The average molecular weight is 336 g/mol. The lowest BCUT2D eigenvalue weighted by atomic mass is 10.1. The van der Waals surface area contributed by atoms with E-state index in [0.717, 1.165) is 46.4 Å². The minimum atomic E-state index is -0.989. The smallest absolute Gasteiger partial charge is 0.328 e. The number of hydrogen-bond acceptors (Lipinski definition) is 3. The number of pyridine rings is 1. The first-order valence-corrected chi connectivity index (χ1v) is 8.21. The first-order valence-electron chi connectivity index (χ1n) is 8.21. The number of nitrogens with zero attached hydrogens (tertiary/aromatic N) is 2. The van der Waals surface area contributed by atoms with Gasteiger partial charge in [-0.2, -0.15) is 0 Å². The second-order valence-corrected chi connectivity index (χ2v) is 5.82. The van der Waals surface area contributed by atoms with Crippen LogP contribution in [0.2, 0.25) is 0 Å². The summed E-state index contributed by atoms with van der Waals surface area (Å²) < 4.78 is 7.52. The number of rotatable bonds is 6. The Morgan fingerprint density at radius 3 is 2.68 bits per heavy atom. The van der Waals surface area contributed by atoms with Crippen LogP contribution in [0.1, 0.15) is 24.6 Å². The van der Waals surface area contributed by atoms with E-state index in [1.54, 1.807) is 6.08 Å². The molecule has 0 fully saturated rings. The highest BCUT2D eigenvalue weighted by Gasteiger charge is 2.12. The van der Waals surface area contributed by atoms with E-state index in [2.05, 4.69) is 11.9 Å². The van der Waals surface area contributed by atoms with Gasteiger partial charge in [0, 0.05) is 17.8 Å². The van der Waals surface area contributed by atoms with Crippen molar-refractivity contribution in [2.24, 2.45) is 0 Å². The summed E-state index contributed by atoms with van der Waals surface area (Å²) in [6.45, 7) is 4.73. The van der Waals surface area contributed by atoms with E-state index in [0.29, 0.717) is 6.61 Å². The van der Waals surface area contributed by atoms with Gasteiger partial charge in [-0.05, 0) is 55.3 Å². The predicted molar refractivity (Wildman–Crippen MR) is 97.8 cm³/mol. The third-order valence-electron chi connectivity index (χ3n) is 3.79. The zero-order valence-corrected chi connectivity index (χ0v) is 14.3. The normalized spacial score (nSPS) is 11.3. The molecule has 0 radical (unpaired) electrons. The van der Waals surface area contributed by atoms with Crippen LogP contribution >= 0.6 is 0 Å². The standard InChI is InChI=1S/C20H20N2O3/c1-3-12-25-16-7-5-15(6-8-16)20-17(9-11-19(23)24)22-13-14(2)4-10-18(22)21-20/h4-11,13H,3,12H2,1-2H3,(H,23,24)/b11-9+. The molecule has 2 heterocycles. The Morgan fingerprint density at radius 1 is 1.24 bits per heavy atom. The van der Waals surface area contributed by atoms with Gasteiger partial charge in [-0.15, -0.1) is 0 Å². The number of benzene rings is 1. The van der Waals surface area contributed by atoms with Crippen LogP contribution in [0.4, 0.5) is 0 Å². The number of carboxylic acids is 1. The van der Waals surface area contributed by atoms with Gasteiger partial charge < -0.3 is 9.84 Å². The molecule has 25 heavy (non-hydrogen) atoms. The average Bonchev–Trinajstić information content (AvgIpc) is 2.96. The second-order valence-electron chi connectivity index (χ2n) is 5.82. The Balaban J connectivity index is 2.08. The Labute approximate surface area is 146 Å². The monoisotopic (exact) mass is 336 g/mol. The number of carboxylic acid groups (broad SMARTS) is 1. The lowest BCUT2D eigenvalue weighted by Crippen LogP contribution is -1.94. The Bertz CT molecular complexity index is 924. The van der Waals surface area contributed by atoms with E-state index in [-0.39, 0.29) is 0 Å². The highest BCUT2D eigenvalue weighted by Crippen LogP contribution is 2.27. The molecule has 0 unspecified atom stereocenters. The molecule has 0 atom stereocenters. The maximum Gasteiger partial charge on any atom is 0.328 e. The van der Waals surface area contributed by atoms with Crippen molar-refractivity contribution in [2.75, 3.05) is 6.61 Å². The van der Waals surface area contributed by atoms with Crippen LogP contribution in [0.5, 0.6) is 5.75 Å². The van der Waals surface area contributed by atoms with Gasteiger partial charge in [0.05, 0.1) is 18.0 Å². The minimum Gasteiger partial charge on any atom is -0.494 e. The summed E-state index contributed by atoms with van der Waals surface area (Å²) >= 11 is 0. The van der Waals surface area contributed by atoms with Crippen LogP contribution < -0.4 is 4.74 Å². The Kier molecular flexibility index (Phi) is 4.84. The molecule has 0 saturated heterocycles. The third kappa shape index (κ3) is 3.71. The summed E-state index contributed by atoms with van der Waals surface area (Å²) in [7, 11) is 0. The van der Waals surface area contributed by atoms with Crippen LogP contribution in [0.15, 0.2) is 48.7 Å². The number of fused-ring (bicyclic) bond motifs is 1. The van der Waals surface area contributed by atoms with Gasteiger partial charge in [0.15, 0.2) is 0 Å². The number of carbonyl (C=O) groups is 1. The molecule has 1 aromatic carbocycles. The number of imidazole rings is 1. The van der Waals surface area contributed by atoms with Gasteiger partial charge in [-0.1, -0.05) is 13.0 Å². The first-order chi connectivity index (χ1) is 12.1. The molecule has 0 aliphatic rings. The maximum atomic E-state index is 11.0. The van der Waals surface area contributed by atoms with Gasteiger partial charge in [0.25, 0.3) is 0 Å². The molecule has 0 amide bonds. The zero-order valence-electron chi connectivity index (χ0n) is 14.3. The van der Waals surface area contributed by atoms with Gasteiger partial charge in [-0.3, -0.25) is 4.40 Å². The molecule has 1 N–H and O–H groups in total. The van der Waals surface area contributed by atoms with Crippen LogP contribution in [0.25, 0.3) is 23.0 Å². The van der Waals surface area contributed by atoms with Crippen molar-refractivity contribution >= 4 is 17.7 Å². The molecule has 0 saturated carbocycles. The van der Waals surface area contributed by atoms with Gasteiger partial charge in [0.1, 0.15) is 11.4 Å². The molecule has 3 rings (SSSR count). The fourth-order valence-corrected chi connectivity index (χ4v) is 2.62. The molecular weight excluding hydrogens is 316 g/mol. The molecule has 0 aliphatic heterocycles. The van der Waals surface area contributed by atoms with E-state index in [9.17, 15) is 4.79 Å². The van der Waals surface area contributed by atoms with Crippen molar-refractivity contribution in [1.82, 2.24) is 9.38 Å². The fraction of sp³-hybridized carbons (Fsp3) is 0.200. The van der Waals surface area contributed by atoms with Crippen molar-refractivity contribution in [3.63, 3.8) is 0 Å². The molecule has 2 aromatic heterocycles. The van der Waals surface area contributed by atoms with Crippen LogP contribution in [-0.4, -0.2) is 27.1 Å². The molecular formula is C20H20N2O3. The Morgan fingerprint density at radius 2 is 2.00 bits per heavy atom. The number of hydrogen-bond donors (Lipinski definition) is 1. The van der Waals surface area contributed by atoms with E-state index in [1.807, 2.05) is 53.9 Å². The van der Waals surface area contributed by atoms with Crippen LogP contribution in [0, 0.1) is 6.92 Å². The van der Waals surface area contributed by atoms with E-state index in [1.165, 1.54) is 0 Å². The minimum absolute atomic E-state index is 0.680. The highest BCUT2D eigenvalue weighted by molar-refractivity contribution is 5.87. The molecule has 0 aliphatic carbocycles. The Hall–Kier alpha value is -3.08. The zero-order chi connectivity index (χ0) is 17.8. The molecule has 5 nitrogen and oxygen atoms in total. The van der Waals surface area contributed by atoms with Crippen molar-refractivity contribution in [1.29, 1.82) is 0 Å². The number of aliphatic carboxylic acids is 1. The molecule has 3 aromatic rings. The van der Waals surface area contributed by atoms with Crippen molar-refractivity contribution in [2.45, 2.75) is 20.3 Å². The number of aromatic nitrogens is 2. The third-order valence-corrected chi connectivity index (χ3v) is 3.79. The van der Waals surface area contributed by atoms with Gasteiger partial charge >= 0.3 is 5.97 Å². The van der Waals surface area contributed by atoms with Crippen LogP contribution in [-0.2, 0) is 4.79 Å². The largest absolute Gasteiger partial charge is 0.494 e.